The summed E-state index contributed by atoms with van der Waals surface area (Å²) >= 11 is 6.51. The third-order valence-corrected chi connectivity index (χ3v) is 4.96. The van der Waals surface area contributed by atoms with Gasteiger partial charge in [0.1, 0.15) is 12.6 Å². The molecule has 0 spiro atoms. The molecule has 0 radical (unpaired) electrons. The van der Waals surface area contributed by atoms with E-state index in [4.69, 9.17) is 16.3 Å². The molecular formula is C22H19ClN4O2. The molecular weight excluding hydrogens is 388 g/mol. The van der Waals surface area contributed by atoms with Gasteiger partial charge in [-0.2, -0.15) is 5.10 Å². The molecule has 0 saturated heterocycles. The Morgan fingerprint density at radius 2 is 1.97 bits per heavy atom. The first-order chi connectivity index (χ1) is 14.1. The van der Waals surface area contributed by atoms with Crippen LogP contribution in [0.25, 0.3) is 5.65 Å². The van der Waals surface area contributed by atoms with E-state index in [1.807, 2.05) is 61.5 Å². The maximum absolute atomic E-state index is 12.6. The summed E-state index contributed by atoms with van der Waals surface area (Å²) in [6.07, 6.45) is 2.81. The molecule has 0 aliphatic heterocycles. The Hall–Kier alpha value is -3.38. The monoisotopic (exact) mass is 406 g/mol. The molecule has 0 aliphatic rings. The van der Waals surface area contributed by atoms with Crippen LogP contribution in [0.15, 0.2) is 73.1 Å². The zero-order valence-corrected chi connectivity index (χ0v) is 16.5. The Bertz CT molecular complexity index is 1120. The summed E-state index contributed by atoms with van der Waals surface area (Å²) < 4.78 is 7.11. The van der Waals surface area contributed by atoms with Crippen molar-refractivity contribution in [2.45, 2.75) is 19.6 Å². The second-order valence-corrected chi connectivity index (χ2v) is 6.99. The number of ether oxygens (including phenoxy) is 1. The molecule has 0 fully saturated rings. The fourth-order valence-electron chi connectivity index (χ4n) is 3.23. The zero-order valence-electron chi connectivity index (χ0n) is 15.7. The minimum absolute atomic E-state index is 0.173. The highest BCUT2D eigenvalue weighted by Gasteiger charge is 2.25. The van der Waals surface area contributed by atoms with Crippen molar-refractivity contribution >= 4 is 23.3 Å². The van der Waals surface area contributed by atoms with Gasteiger partial charge in [0.25, 0.3) is 0 Å². The number of carbonyl (C=O) groups is 1. The van der Waals surface area contributed by atoms with E-state index in [1.165, 1.54) is 0 Å². The maximum atomic E-state index is 12.6. The number of imidazole rings is 1. The van der Waals surface area contributed by atoms with E-state index in [9.17, 15) is 4.79 Å². The lowest BCUT2D eigenvalue weighted by atomic mass is 9.99. The Kier molecular flexibility index (Phi) is 5.44. The van der Waals surface area contributed by atoms with Crippen molar-refractivity contribution < 1.29 is 9.53 Å². The number of rotatable bonds is 5. The molecule has 0 saturated carbocycles. The molecule has 1 amide bonds. The molecule has 4 aromatic rings. The summed E-state index contributed by atoms with van der Waals surface area (Å²) in [6.45, 7) is 2.12. The molecule has 1 N–H and O–H groups in total. The number of aryl methyl sites for hydroxylation is 1. The summed E-state index contributed by atoms with van der Waals surface area (Å²) in [4.78, 5) is 17.0. The lowest BCUT2D eigenvalue weighted by Gasteiger charge is -2.21. The normalized spacial score (nSPS) is 11.9. The van der Waals surface area contributed by atoms with E-state index >= 15 is 0 Å². The largest absolute Gasteiger partial charge is 0.445 e. The quantitative estimate of drug-likeness (QED) is 0.521. The molecule has 146 valence electrons. The Morgan fingerprint density at radius 3 is 2.76 bits per heavy atom. The lowest BCUT2D eigenvalue weighted by Crippen LogP contribution is -2.31. The van der Waals surface area contributed by atoms with Crippen molar-refractivity contribution in [3.8, 4) is 0 Å². The van der Waals surface area contributed by atoms with Gasteiger partial charge in [0.2, 0.25) is 0 Å². The highest BCUT2D eigenvalue weighted by atomic mass is 35.5. The van der Waals surface area contributed by atoms with Crippen molar-refractivity contribution in [3.63, 3.8) is 0 Å². The second kappa shape index (κ2) is 8.32. The Balaban J connectivity index is 1.66. The fraction of sp³-hybridized carbons (Fsp3) is 0.136. The summed E-state index contributed by atoms with van der Waals surface area (Å²) in [7, 11) is 0. The van der Waals surface area contributed by atoms with Gasteiger partial charge < -0.3 is 10.1 Å². The molecule has 1 unspecified atom stereocenters. The third-order valence-electron chi connectivity index (χ3n) is 4.63. The number of nitrogens with one attached hydrogen (secondary N) is 1. The van der Waals surface area contributed by atoms with E-state index in [0.717, 1.165) is 16.7 Å². The third kappa shape index (κ3) is 4.07. The summed E-state index contributed by atoms with van der Waals surface area (Å²) in [5.41, 5.74) is 3.99. The van der Waals surface area contributed by atoms with Gasteiger partial charge >= 0.3 is 6.09 Å². The van der Waals surface area contributed by atoms with Crippen LogP contribution in [-0.2, 0) is 11.3 Å². The van der Waals surface area contributed by atoms with Crippen LogP contribution in [0.4, 0.5) is 4.79 Å². The van der Waals surface area contributed by atoms with Gasteiger partial charge in [0.05, 0.1) is 11.9 Å². The first kappa shape index (κ1) is 19.0. The number of aromatic nitrogens is 3. The van der Waals surface area contributed by atoms with E-state index in [2.05, 4.69) is 15.4 Å². The minimum atomic E-state index is -0.572. The Labute approximate surface area is 173 Å². The first-order valence-electron chi connectivity index (χ1n) is 9.14. The number of nitrogens with zero attached hydrogens (tertiary/aromatic N) is 3. The van der Waals surface area contributed by atoms with Gasteiger partial charge in [-0.1, -0.05) is 54.1 Å². The van der Waals surface area contributed by atoms with Crippen molar-refractivity contribution in [2.75, 3.05) is 0 Å². The fourth-order valence-corrected chi connectivity index (χ4v) is 3.56. The van der Waals surface area contributed by atoms with Crippen molar-refractivity contribution in [1.29, 1.82) is 0 Å². The number of amides is 1. The topological polar surface area (TPSA) is 68.5 Å². The molecule has 2 aromatic heterocycles. The van der Waals surface area contributed by atoms with Gasteiger partial charge in [0, 0.05) is 16.8 Å². The molecule has 0 bridgehead atoms. The van der Waals surface area contributed by atoms with Crippen LogP contribution in [0, 0.1) is 6.92 Å². The number of fused-ring (bicyclic) bond motifs is 1. The van der Waals surface area contributed by atoms with Crippen LogP contribution < -0.4 is 5.32 Å². The van der Waals surface area contributed by atoms with Crippen LogP contribution in [0.3, 0.4) is 0 Å². The average Bonchev–Trinajstić information content (AvgIpc) is 3.16. The summed E-state index contributed by atoms with van der Waals surface area (Å²) in [5, 5.41) is 7.85. The molecule has 0 aliphatic carbocycles. The predicted octanol–water partition coefficient (Wildman–Crippen LogP) is 4.71. The second-order valence-electron chi connectivity index (χ2n) is 6.59. The molecule has 2 heterocycles. The van der Waals surface area contributed by atoms with Crippen LogP contribution >= 0.6 is 11.6 Å². The van der Waals surface area contributed by atoms with Gasteiger partial charge in [-0.05, 0) is 36.2 Å². The molecule has 4 rings (SSSR count). The highest BCUT2D eigenvalue weighted by molar-refractivity contribution is 6.31. The average molecular weight is 407 g/mol. The van der Waals surface area contributed by atoms with Gasteiger partial charge in [-0.3, -0.25) is 0 Å². The van der Waals surface area contributed by atoms with Gasteiger partial charge in [-0.15, -0.1) is 0 Å². The zero-order chi connectivity index (χ0) is 20.2. The van der Waals surface area contributed by atoms with Crippen molar-refractivity contribution in [2.24, 2.45) is 0 Å². The van der Waals surface area contributed by atoms with E-state index in [-0.39, 0.29) is 6.61 Å². The molecule has 2 aromatic carbocycles. The van der Waals surface area contributed by atoms with E-state index < -0.39 is 12.1 Å². The predicted molar refractivity (Wildman–Crippen MR) is 111 cm³/mol. The molecule has 1 atom stereocenters. The highest BCUT2D eigenvalue weighted by Crippen LogP contribution is 2.31. The number of carbonyl (C=O) groups excluding carboxylic acids is 1. The number of benzene rings is 2. The number of halogens is 1. The Morgan fingerprint density at radius 1 is 1.14 bits per heavy atom. The SMILES string of the molecule is Cc1cccc(Cl)c1C(NC(=O)OCc1ccccc1)c1cnc2cccnn12. The summed E-state index contributed by atoms with van der Waals surface area (Å²) in [5.74, 6) is 0. The van der Waals surface area contributed by atoms with Crippen LogP contribution in [0.1, 0.15) is 28.4 Å². The standard InChI is InChI=1S/C22H19ClN4O2/c1-15-7-5-10-17(23)20(15)21(18-13-24-19-11-6-12-25-27(18)19)26-22(28)29-14-16-8-3-2-4-9-16/h2-13,21H,14H2,1H3,(H,26,28). The maximum Gasteiger partial charge on any atom is 0.408 e. The molecule has 7 heteroatoms. The van der Waals surface area contributed by atoms with Crippen molar-refractivity contribution in [3.05, 3.63) is 100 Å². The van der Waals surface area contributed by atoms with Crippen LogP contribution in [0.5, 0.6) is 0 Å². The van der Waals surface area contributed by atoms with Crippen LogP contribution in [0.2, 0.25) is 5.02 Å². The molecule has 29 heavy (non-hydrogen) atoms. The smallest absolute Gasteiger partial charge is 0.408 e. The van der Waals surface area contributed by atoms with Crippen molar-refractivity contribution in [1.82, 2.24) is 19.9 Å². The van der Waals surface area contributed by atoms with Crippen LogP contribution in [-0.4, -0.2) is 20.7 Å². The lowest BCUT2D eigenvalue weighted by molar-refractivity contribution is 0.137. The summed E-state index contributed by atoms with van der Waals surface area (Å²) in [6, 6.07) is 18.2. The number of hydrogen-bond donors (Lipinski definition) is 1. The van der Waals surface area contributed by atoms with Gasteiger partial charge in [0.15, 0.2) is 5.65 Å². The minimum Gasteiger partial charge on any atom is -0.445 e. The van der Waals surface area contributed by atoms with Gasteiger partial charge in [-0.25, -0.2) is 14.3 Å². The number of hydrogen-bond acceptors (Lipinski definition) is 4. The van der Waals surface area contributed by atoms with E-state index in [0.29, 0.717) is 16.4 Å². The van der Waals surface area contributed by atoms with E-state index in [1.54, 1.807) is 23.0 Å². The first-order valence-corrected chi connectivity index (χ1v) is 9.52. The molecule has 6 nitrogen and oxygen atoms in total. The number of alkyl carbamates (subject to hydrolysis) is 1.